The highest BCUT2D eigenvalue weighted by atomic mass is 16.5. The fourth-order valence-electron chi connectivity index (χ4n) is 3.85. The Morgan fingerprint density at radius 3 is 2.50 bits per heavy atom. The zero-order valence-electron chi connectivity index (χ0n) is 20.5. The number of hydrogen-bond donors (Lipinski definition) is 1. The summed E-state index contributed by atoms with van der Waals surface area (Å²) in [6.07, 6.45) is 0. The summed E-state index contributed by atoms with van der Waals surface area (Å²) in [4.78, 5) is 13.2. The lowest BCUT2D eigenvalue weighted by Gasteiger charge is -2.10. The zero-order chi connectivity index (χ0) is 24.4. The van der Waals surface area contributed by atoms with E-state index in [1.807, 2.05) is 55.8 Å². The van der Waals surface area contributed by atoms with Crippen molar-refractivity contribution in [2.24, 2.45) is 0 Å². The van der Waals surface area contributed by atoms with E-state index in [2.05, 4.69) is 41.6 Å². The molecule has 0 atom stereocenters. The number of carbonyl (C=O) groups is 1. The lowest BCUT2D eigenvalue weighted by molar-refractivity contribution is 0.101. The minimum atomic E-state index is -0.350. The fraction of sp³-hybridized carbons (Fsp3) is 0.296. The van der Waals surface area contributed by atoms with E-state index < -0.39 is 0 Å². The van der Waals surface area contributed by atoms with E-state index in [0.29, 0.717) is 23.6 Å². The predicted octanol–water partition coefficient (Wildman–Crippen LogP) is 5.60. The summed E-state index contributed by atoms with van der Waals surface area (Å²) in [6.45, 7) is 12.6. The van der Waals surface area contributed by atoms with Gasteiger partial charge < -0.3 is 14.6 Å². The summed E-state index contributed by atoms with van der Waals surface area (Å²) >= 11 is 0. The van der Waals surface area contributed by atoms with E-state index in [4.69, 9.17) is 9.26 Å². The molecule has 4 rings (SSSR count). The van der Waals surface area contributed by atoms with Crippen molar-refractivity contribution >= 4 is 11.6 Å². The van der Waals surface area contributed by atoms with Crippen molar-refractivity contribution in [1.82, 2.24) is 14.9 Å². The predicted molar refractivity (Wildman–Crippen MR) is 131 cm³/mol. The lowest BCUT2D eigenvalue weighted by atomic mass is 10.1. The summed E-state index contributed by atoms with van der Waals surface area (Å²) in [7, 11) is 0. The maximum atomic E-state index is 13.2. The first-order valence-electron chi connectivity index (χ1n) is 11.3. The van der Waals surface area contributed by atoms with Crippen molar-refractivity contribution in [2.75, 3.05) is 5.32 Å². The van der Waals surface area contributed by atoms with Gasteiger partial charge in [-0.3, -0.25) is 9.48 Å². The van der Waals surface area contributed by atoms with Gasteiger partial charge >= 0.3 is 0 Å². The number of amides is 1. The number of hydrogen-bond acceptors (Lipinski definition) is 5. The molecule has 0 saturated heterocycles. The Balaban J connectivity index is 1.52. The molecule has 0 spiro atoms. The van der Waals surface area contributed by atoms with Gasteiger partial charge in [-0.15, -0.1) is 0 Å². The number of nitrogens with zero attached hydrogens (tertiary/aromatic N) is 3. The van der Waals surface area contributed by atoms with Crippen molar-refractivity contribution < 1.29 is 14.1 Å². The number of aromatic nitrogens is 3. The SMILES string of the molecule is Cc1ccc(OCc2c(C(=O)Nc3c(C)nn(Cc4ccccc4C)c3C)noc2C)cc1C. The molecule has 176 valence electrons. The van der Waals surface area contributed by atoms with Gasteiger partial charge in [0.1, 0.15) is 18.1 Å². The molecule has 0 fully saturated rings. The van der Waals surface area contributed by atoms with Crippen LogP contribution in [-0.4, -0.2) is 20.8 Å². The Kier molecular flexibility index (Phi) is 6.54. The third-order valence-electron chi connectivity index (χ3n) is 6.26. The van der Waals surface area contributed by atoms with E-state index in [0.717, 1.165) is 22.7 Å². The summed E-state index contributed by atoms with van der Waals surface area (Å²) in [5.74, 6) is 0.939. The van der Waals surface area contributed by atoms with Crippen LogP contribution in [0.4, 0.5) is 5.69 Å². The van der Waals surface area contributed by atoms with Crippen molar-refractivity contribution in [2.45, 2.75) is 54.7 Å². The third-order valence-corrected chi connectivity index (χ3v) is 6.26. The molecule has 4 aromatic rings. The summed E-state index contributed by atoms with van der Waals surface area (Å²) in [6, 6.07) is 14.1. The van der Waals surface area contributed by atoms with E-state index in [1.165, 1.54) is 16.7 Å². The van der Waals surface area contributed by atoms with Crippen LogP contribution in [0.3, 0.4) is 0 Å². The number of carbonyl (C=O) groups excluding carboxylic acids is 1. The number of aryl methyl sites for hydroxylation is 5. The van der Waals surface area contributed by atoms with Crippen molar-refractivity contribution in [3.8, 4) is 5.75 Å². The van der Waals surface area contributed by atoms with Crippen molar-refractivity contribution in [3.05, 3.63) is 93.1 Å². The minimum absolute atomic E-state index is 0.186. The molecule has 7 heteroatoms. The Hall–Kier alpha value is -3.87. The maximum Gasteiger partial charge on any atom is 0.278 e. The van der Waals surface area contributed by atoms with Gasteiger partial charge in [0, 0.05) is 0 Å². The molecule has 0 radical (unpaired) electrons. The van der Waals surface area contributed by atoms with Crippen molar-refractivity contribution in [1.29, 1.82) is 0 Å². The molecule has 34 heavy (non-hydrogen) atoms. The van der Waals surface area contributed by atoms with E-state index in [9.17, 15) is 4.79 Å². The van der Waals surface area contributed by atoms with Crippen LogP contribution in [0.5, 0.6) is 5.75 Å². The average Bonchev–Trinajstić information content (AvgIpc) is 3.30. The second-order valence-electron chi connectivity index (χ2n) is 8.68. The molecule has 0 aliphatic carbocycles. The van der Waals surface area contributed by atoms with Gasteiger partial charge in [-0.1, -0.05) is 35.5 Å². The molecular formula is C27H30N4O3. The largest absolute Gasteiger partial charge is 0.489 e. The average molecular weight is 459 g/mol. The molecule has 0 aliphatic rings. The lowest BCUT2D eigenvalue weighted by Crippen LogP contribution is -2.16. The Morgan fingerprint density at radius 1 is 1.00 bits per heavy atom. The van der Waals surface area contributed by atoms with Crippen LogP contribution < -0.4 is 10.1 Å². The van der Waals surface area contributed by atoms with Crippen LogP contribution in [-0.2, 0) is 13.2 Å². The van der Waals surface area contributed by atoms with Crippen LogP contribution in [0.15, 0.2) is 47.0 Å². The third kappa shape index (κ3) is 4.73. The molecule has 0 saturated carbocycles. The van der Waals surface area contributed by atoms with Crippen LogP contribution >= 0.6 is 0 Å². The van der Waals surface area contributed by atoms with Gasteiger partial charge in [-0.05, 0) is 75.9 Å². The van der Waals surface area contributed by atoms with Gasteiger partial charge in [0.25, 0.3) is 5.91 Å². The van der Waals surface area contributed by atoms with Crippen LogP contribution in [0.2, 0.25) is 0 Å². The molecule has 2 aromatic heterocycles. The first kappa shape index (κ1) is 23.3. The van der Waals surface area contributed by atoms with E-state index >= 15 is 0 Å². The summed E-state index contributed by atoms with van der Waals surface area (Å²) < 4.78 is 13.2. The monoisotopic (exact) mass is 458 g/mol. The smallest absolute Gasteiger partial charge is 0.278 e. The first-order valence-corrected chi connectivity index (χ1v) is 11.3. The van der Waals surface area contributed by atoms with Crippen LogP contribution in [0.25, 0.3) is 0 Å². The summed E-state index contributed by atoms with van der Waals surface area (Å²) in [5.41, 5.74) is 7.87. The Morgan fingerprint density at radius 2 is 1.76 bits per heavy atom. The molecule has 2 heterocycles. The van der Waals surface area contributed by atoms with Crippen LogP contribution in [0.1, 0.15) is 55.5 Å². The normalized spacial score (nSPS) is 11.0. The second kappa shape index (κ2) is 9.55. The van der Waals surface area contributed by atoms with E-state index in [1.54, 1.807) is 6.92 Å². The molecule has 1 amide bonds. The first-order chi connectivity index (χ1) is 16.2. The second-order valence-corrected chi connectivity index (χ2v) is 8.68. The van der Waals surface area contributed by atoms with Gasteiger partial charge in [0.2, 0.25) is 0 Å². The fourth-order valence-corrected chi connectivity index (χ4v) is 3.85. The summed E-state index contributed by atoms with van der Waals surface area (Å²) in [5, 5.41) is 11.6. The highest BCUT2D eigenvalue weighted by molar-refractivity contribution is 6.04. The Bertz CT molecular complexity index is 1350. The van der Waals surface area contributed by atoms with Gasteiger partial charge in [-0.2, -0.15) is 5.10 Å². The minimum Gasteiger partial charge on any atom is -0.489 e. The number of nitrogens with one attached hydrogen (secondary N) is 1. The van der Waals surface area contributed by atoms with Gasteiger partial charge in [-0.25, -0.2) is 0 Å². The Labute approximate surface area is 199 Å². The highest BCUT2D eigenvalue weighted by Crippen LogP contribution is 2.24. The molecule has 1 N–H and O–H groups in total. The molecular weight excluding hydrogens is 428 g/mol. The number of rotatable bonds is 7. The zero-order valence-corrected chi connectivity index (χ0v) is 20.5. The van der Waals surface area contributed by atoms with Crippen LogP contribution in [0, 0.1) is 41.5 Å². The highest BCUT2D eigenvalue weighted by Gasteiger charge is 2.23. The van der Waals surface area contributed by atoms with Gasteiger partial charge in [0.15, 0.2) is 5.69 Å². The molecule has 7 nitrogen and oxygen atoms in total. The molecule has 0 aliphatic heterocycles. The number of ether oxygens (including phenoxy) is 1. The molecule has 0 unspecified atom stereocenters. The number of anilines is 1. The standard InChI is InChI=1S/C27H30N4O3/c1-16-11-12-23(13-18(16)3)33-15-24-21(6)34-30-26(24)27(32)28-25-19(4)29-31(20(25)5)14-22-10-8-7-9-17(22)2/h7-13H,14-15H2,1-6H3,(H,28,32). The van der Waals surface area contributed by atoms with Gasteiger partial charge in [0.05, 0.1) is 29.2 Å². The maximum absolute atomic E-state index is 13.2. The van der Waals surface area contributed by atoms with Crippen molar-refractivity contribution in [3.63, 3.8) is 0 Å². The van der Waals surface area contributed by atoms with E-state index in [-0.39, 0.29) is 18.2 Å². The quantitative estimate of drug-likeness (QED) is 0.390. The molecule has 2 aromatic carbocycles. The topological polar surface area (TPSA) is 82.2 Å². The number of benzene rings is 2. The molecule has 0 bridgehead atoms.